The Morgan fingerprint density at radius 1 is 0.867 bits per heavy atom. The van der Waals surface area contributed by atoms with Gasteiger partial charge < -0.3 is 20.0 Å². The zero-order valence-electron chi connectivity index (χ0n) is 28.9. The van der Waals surface area contributed by atoms with Gasteiger partial charge >= 0.3 is 0 Å². The summed E-state index contributed by atoms with van der Waals surface area (Å²) in [5.74, 6) is 2.27. The van der Waals surface area contributed by atoms with Crippen LogP contribution in [0.1, 0.15) is 107 Å². The third kappa shape index (κ3) is 10.5. The number of aromatic nitrogens is 2. The molecule has 45 heavy (non-hydrogen) atoms. The molecule has 2 saturated heterocycles. The summed E-state index contributed by atoms with van der Waals surface area (Å²) in [6, 6.07) is 4.99. The van der Waals surface area contributed by atoms with Gasteiger partial charge in [0.1, 0.15) is 0 Å². The highest BCUT2D eigenvalue weighted by atomic mass is 15.1. The third-order valence-corrected chi connectivity index (χ3v) is 10.7. The molecule has 2 aliphatic heterocycles. The topological polar surface area (TPSA) is 47.5 Å². The van der Waals surface area contributed by atoms with Crippen LogP contribution in [0.5, 0.6) is 0 Å². The fourth-order valence-corrected chi connectivity index (χ4v) is 8.01. The number of likely N-dealkylation sites (tertiary alicyclic amines) is 1. The molecule has 1 aliphatic carbocycles. The molecule has 6 heteroatoms. The Morgan fingerprint density at radius 3 is 2.27 bits per heavy atom. The highest BCUT2D eigenvalue weighted by molar-refractivity contribution is 5.67. The molecule has 0 radical (unpaired) electrons. The summed E-state index contributed by atoms with van der Waals surface area (Å²) in [4.78, 5) is 17.1. The van der Waals surface area contributed by atoms with Crippen molar-refractivity contribution in [2.45, 2.75) is 110 Å². The molecule has 1 aromatic heterocycles. The number of unbranched alkanes of at least 4 members (excludes halogenated alkanes) is 2. The molecule has 6 nitrogen and oxygen atoms in total. The number of nitrogens with one attached hydrogen (secondary N) is 1. The lowest BCUT2D eigenvalue weighted by Crippen LogP contribution is -2.30. The fourth-order valence-electron chi connectivity index (χ4n) is 8.01. The summed E-state index contributed by atoms with van der Waals surface area (Å²) in [6.07, 6.45) is 28.1. The van der Waals surface area contributed by atoms with Crippen LogP contribution >= 0.6 is 0 Å². The molecule has 1 N–H and O–H groups in total. The van der Waals surface area contributed by atoms with Gasteiger partial charge in [0, 0.05) is 57.0 Å². The van der Waals surface area contributed by atoms with Crippen LogP contribution < -0.4 is 15.1 Å². The number of aryl methyl sites for hydroxylation is 2. The molecule has 0 atom stereocenters. The molecule has 3 aliphatic rings. The van der Waals surface area contributed by atoms with Crippen molar-refractivity contribution in [1.82, 2.24) is 14.9 Å². The lowest BCUT2D eigenvalue weighted by atomic mass is 9.78. The van der Waals surface area contributed by atoms with Gasteiger partial charge in [0.05, 0.1) is 0 Å². The van der Waals surface area contributed by atoms with Crippen LogP contribution in [0.15, 0.2) is 36.7 Å². The van der Waals surface area contributed by atoms with E-state index in [4.69, 9.17) is 0 Å². The molecule has 2 aromatic rings. The molecule has 0 bridgehead atoms. The second kappa shape index (κ2) is 17.9. The summed E-state index contributed by atoms with van der Waals surface area (Å²) >= 11 is 0. The van der Waals surface area contributed by atoms with E-state index in [0.29, 0.717) is 5.92 Å². The maximum absolute atomic E-state index is 4.66. The minimum absolute atomic E-state index is 0.711. The molecule has 5 rings (SSSR count). The molecule has 1 saturated carbocycles. The minimum Gasteiger partial charge on any atom is -0.372 e. The van der Waals surface area contributed by atoms with Crippen molar-refractivity contribution in [3.63, 3.8) is 0 Å². The summed E-state index contributed by atoms with van der Waals surface area (Å²) in [7, 11) is 2.26. The van der Waals surface area contributed by atoms with E-state index in [-0.39, 0.29) is 0 Å². The number of hydrogen-bond acceptors (Lipinski definition) is 6. The SMILES string of the molecule is C/C=C/CN(C)c1c(C)cc(N2CCCCC2)cc1C[C@H]1CC[C@@H](CNc2ncc(CCCCCN3CCCCC3)cn2)CC1. The van der Waals surface area contributed by atoms with Crippen LogP contribution in [-0.2, 0) is 12.8 Å². The molecule has 0 spiro atoms. The van der Waals surface area contributed by atoms with Gasteiger partial charge in [-0.25, -0.2) is 9.97 Å². The lowest BCUT2D eigenvalue weighted by Gasteiger charge is -2.33. The largest absolute Gasteiger partial charge is 0.372 e. The van der Waals surface area contributed by atoms with Crippen molar-refractivity contribution >= 4 is 17.3 Å². The second-order valence-electron chi connectivity index (χ2n) is 14.4. The second-order valence-corrected chi connectivity index (χ2v) is 14.4. The smallest absolute Gasteiger partial charge is 0.222 e. The Bertz CT molecular complexity index is 1160. The van der Waals surface area contributed by atoms with E-state index in [9.17, 15) is 0 Å². The van der Waals surface area contributed by atoms with Crippen molar-refractivity contribution in [3.8, 4) is 0 Å². The zero-order valence-corrected chi connectivity index (χ0v) is 28.9. The average molecular weight is 615 g/mol. The van der Waals surface area contributed by atoms with Gasteiger partial charge in [-0.1, -0.05) is 25.0 Å². The van der Waals surface area contributed by atoms with Gasteiger partial charge in [-0.15, -0.1) is 0 Å². The predicted molar refractivity (Wildman–Crippen MR) is 193 cm³/mol. The van der Waals surface area contributed by atoms with Crippen LogP contribution in [0.2, 0.25) is 0 Å². The number of nitrogens with zero attached hydrogens (tertiary/aromatic N) is 5. The van der Waals surface area contributed by atoms with Gasteiger partial charge in [0.2, 0.25) is 5.95 Å². The van der Waals surface area contributed by atoms with E-state index >= 15 is 0 Å². The summed E-state index contributed by atoms with van der Waals surface area (Å²) in [5.41, 5.74) is 7.16. The van der Waals surface area contributed by atoms with Gasteiger partial charge in [-0.2, -0.15) is 0 Å². The molecular weight excluding hydrogens is 552 g/mol. The van der Waals surface area contributed by atoms with Gasteiger partial charge in [0.15, 0.2) is 0 Å². The van der Waals surface area contributed by atoms with E-state index in [1.54, 1.807) is 5.56 Å². The summed E-state index contributed by atoms with van der Waals surface area (Å²) < 4.78 is 0. The number of piperidine rings is 2. The van der Waals surface area contributed by atoms with E-state index in [2.05, 4.69) is 75.2 Å². The summed E-state index contributed by atoms with van der Waals surface area (Å²) in [5, 5.41) is 3.57. The zero-order chi connectivity index (χ0) is 31.3. The van der Waals surface area contributed by atoms with E-state index in [0.717, 1.165) is 31.4 Å². The van der Waals surface area contributed by atoms with Crippen molar-refractivity contribution in [2.24, 2.45) is 11.8 Å². The van der Waals surface area contributed by atoms with Crippen LogP contribution in [0.4, 0.5) is 17.3 Å². The first-order chi connectivity index (χ1) is 22.1. The molecule has 3 fully saturated rings. The van der Waals surface area contributed by atoms with Gasteiger partial charge in [0.25, 0.3) is 0 Å². The first-order valence-corrected chi connectivity index (χ1v) is 18.6. The molecule has 1 aromatic carbocycles. The van der Waals surface area contributed by atoms with Gasteiger partial charge in [-0.05, 0) is 158 Å². The average Bonchev–Trinajstić information content (AvgIpc) is 3.08. The number of anilines is 3. The molecule has 0 amide bonds. The van der Waals surface area contributed by atoms with Gasteiger partial charge in [-0.3, -0.25) is 0 Å². The van der Waals surface area contributed by atoms with Crippen molar-refractivity contribution in [1.29, 1.82) is 0 Å². The Kier molecular flexibility index (Phi) is 13.4. The Balaban J connectivity index is 1.06. The van der Waals surface area contributed by atoms with Crippen LogP contribution in [-0.4, -0.2) is 67.7 Å². The van der Waals surface area contributed by atoms with Crippen LogP contribution in [0.25, 0.3) is 0 Å². The Hall–Kier alpha value is -2.60. The monoisotopic (exact) mass is 615 g/mol. The predicted octanol–water partition coefficient (Wildman–Crippen LogP) is 8.45. The highest BCUT2D eigenvalue weighted by Gasteiger charge is 2.24. The molecule has 248 valence electrons. The number of rotatable bonds is 15. The van der Waals surface area contributed by atoms with E-state index < -0.39 is 0 Å². The molecular formula is C39H62N6. The van der Waals surface area contributed by atoms with Crippen LogP contribution in [0.3, 0.4) is 0 Å². The van der Waals surface area contributed by atoms with Crippen molar-refractivity contribution in [3.05, 3.63) is 53.4 Å². The Morgan fingerprint density at radius 2 is 1.56 bits per heavy atom. The first kappa shape index (κ1) is 33.8. The summed E-state index contributed by atoms with van der Waals surface area (Å²) in [6.45, 7) is 12.7. The van der Waals surface area contributed by atoms with E-state index in [1.165, 1.54) is 145 Å². The number of allylic oxidation sites excluding steroid dienone is 1. The maximum atomic E-state index is 4.66. The lowest BCUT2D eigenvalue weighted by molar-refractivity contribution is 0.224. The van der Waals surface area contributed by atoms with Crippen LogP contribution in [0, 0.1) is 18.8 Å². The first-order valence-electron chi connectivity index (χ1n) is 18.6. The number of benzene rings is 1. The number of likely N-dealkylation sites (N-methyl/N-ethyl adjacent to an activating group) is 1. The molecule has 3 heterocycles. The van der Waals surface area contributed by atoms with Crippen molar-refractivity contribution < 1.29 is 0 Å². The van der Waals surface area contributed by atoms with E-state index in [1.807, 2.05) is 12.4 Å². The fraction of sp³-hybridized carbons (Fsp3) is 0.692. The van der Waals surface area contributed by atoms with Crippen molar-refractivity contribution in [2.75, 3.05) is 68.0 Å². The number of hydrogen-bond donors (Lipinski definition) is 1. The third-order valence-electron chi connectivity index (χ3n) is 10.7. The standard InChI is InChI=1S/C39H62N6/c1-4-5-20-43(3)38-32(2)26-37(45-24-13-8-14-25-45)28-36(38)27-33-16-18-34(19-17-33)29-40-39-41-30-35(31-42-39)15-9-6-10-21-44-22-11-7-12-23-44/h4-5,26,28,30-31,33-34H,6-25,27,29H2,1-3H3,(H,40,41,42)/b5-4+/t33-,34+. The Labute approximate surface area is 275 Å². The quantitative estimate of drug-likeness (QED) is 0.160. The normalized spacial score (nSPS) is 21.4. The highest BCUT2D eigenvalue weighted by Crippen LogP contribution is 2.37. The minimum atomic E-state index is 0.711. The molecule has 0 unspecified atom stereocenters. The maximum Gasteiger partial charge on any atom is 0.222 e.